The van der Waals surface area contributed by atoms with Crippen LogP contribution in [0.2, 0.25) is 0 Å². The minimum absolute atomic E-state index is 0.0648. The number of alkyl halides is 3. The normalized spacial score (nSPS) is 23.5. The van der Waals surface area contributed by atoms with Crippen LogP contribution in [0.4, 0.5) is 17.6 Å². The van der Waals surface area contributed by atoms with Gasteiger partial charge < -0.3 is 5.11 Å². The molecule has 0 saturated carbocycles. The highest BCUT2D eigenvalue weighted by atomic mass is 19.4. The number of likely N-dealkylation sites (tertiary alicyclic amines) is 1. The fourth-order valence-corrected chi connectivity index (χ4v) is 2.66. The van der Waals surface area contributed by atoms with Crippen molar-refractivity contribution in [1.29, 1.82) is 0 Å². The second kappa shape index (κ2) is 5.63. The molecule has 1 fully saturated rings. The van der Waals surface area contributed by atoms with E-state index in [1.165, 1.54) is 6.07 Å². The standard InChI is InChI=1S/C14H15F4NO2/c1-8-5-19(7-10(8)13(20)21)6-9-2-3-12(15)11(4-9)14(16,17)18/h2-4,8,10H,5-7H2,1H3,(H,20,21)/t8-,10-/m1/s1. The zero-order valence-corrected chi connectivity index (χ0v) is 11.3. The van der Waals surface area contributed by atoms with Crippen LogP contribution in [0, 0.1) is 17.7 Å². The summed E-state index contributed by atoms with van der Waals surface area (Å²) in [6, 6.07) is 2.88. The second-order valence-electron chi connectivity index (χ2n) is 5.43. The molecule has 3 nitrogen and oxygen atoms in total. The zero-order valence-electron chi connectivity index (χ0n) is 11.3. The lowest BCUT2D eigenvalue weighted by atomic mass is 9.99. The minimum Gasteiger partial charge on any atom is -0.481 e. The summed E-state index contributed by atoms with van der Waals surface area (Å²) >= 11 is 0. The number of carboxylic acid groups (broad SMARTS) is 1. The molecule has 1 aliphatic heterocycles. The number of rotatable bonds is 3. The van der Waals surface area contributed by atoms with Gasteiger partial charge in [-0.3, -0.25) is 9.69 Å². The van der Waals surface area contributed by atoms with Crippen LogP contribution in [0.15, 0.2) is 18.2 Å². The summed E-state index contributed by atoms with van der Waals surface area (Å²) in [7, 11) is 0. The Morgan fingerprint density at radius 1 is 1.38 bits per heavy atom. The molecular formula is C14H15F4NO2. The first-order chi connectivity index (χ1) is 9.68. The van der Waals surface area contributed by atoms with Gasteiger partial charge in [-0.2, -0.15) is 13.2 Å². The highest BCUT2D eigenvalue weighted by Gasteiger charge is 2.36. The lowest BCUT2D eigenvalue weighted by molar-refractivity contribution is -0.142. The van der Waals surface area contributed by atoms with Gasteiger partial charge in [-0.25, -0.2) is 4.39 Å². The Bertz CT molecular complexity index is 544. The summed E-state index contributed by atoms with van der Waals surface area (Å²) in [5, 5.41) is 9.03. The summed E-state index contributed by atoms with van der Waals surface area (Å²) < 4.78 is 51.1. The van der Waals surface area contributed by atoms with Crippen LogP contribution in [0.25, 0.3) is 0 Å². The molecule has 0 aliphatic carbocycles. The van der Waals surface area contributed by atoms with Gasteiger partial charge in [-0.1, -0.05) is 13.0 Å². The van der Waals surface area contributed by atoms with E-state index >= 15 is 0 Å². The molecule has 0 bridgehead atoms. The Morgan fingerprint density at radius 3 is 2.57 bits per heavy atom. The minimum atomic E-state index is -4.73. The van der Waals surface area contributed by atoms with Crippen molar-refractivity contribution < 1.29 is 27.5 Å². The van der Waals surface area contributed by atoms with E-state index in [0.717, 1.165) is 12.1 Å². The molecule has 1 heterocycles. The van der Waals surface area contributed by atoms with Gasteiger partial charge in [0.1, 0.15) is 5.82 Å². The van der Waals surface area contributed by atoms with Crippen molar-refractivity contribution >= 4 is 5.97 Å². The van der Waals surface area contributed by atoms with E-state index in [1.807, 2.05) is 0 Å². The van der Waals surface area contributed by atoms with Crippen LogP contribution >= 0.6 is 0 Å². The smallest absolute Gasteiger partial charge is 0.419 e. The van der Waals surface area contributed by atoms with Gasteiger partial charge >= 0.3 is 12.1 Å². The number of carboxylic acids is 1. The van der Waals surface area contributed by atoms with Crippen molar-refractivity contribution in [3.05, 3.63) is 35.1 Å². The molecular weight excluding hydrogens is 290 g/mol. The number of hydrogen-bond donors (Lipinski definition) is 1. The molecule has 1 N–H and O–H groups in total. The molecule has 0 radical (unpaired) electrons. The monoisotopic (exact) mass is 305 g/mol. The molecule has 0 aromatic heterocycles. The first-order valence-corrected chi connectivity index (χ1v) is 6.49. The Hall–Kier alpha value is -1.63. The maximum atomic E-state index is 13.2. The third-order valence-corrected chi connectivity index (χ3v) is 3.75. The second-order valence-corrected chi connectivity index (χ2v) is 5.43. The Morgan fingerprint density at radius 2 is 2.05 bits per heavy atom. The fourth-order valence-electron chi connectivity index (χ4n) is 2.66. The molecule has 1 aromatic rings. The van der Waals surface area contributed by atoms with Gasteiger partial charge in [0.25, 0.3) is 0 Å². The number of benzene rings is 1. The van der Waals surface area contributed by atoms with Crippen molar-refractivity contribution in [2.75, 3.05) is 13.1 Å². The van der Waals surface area contributed by atoms with E-state index in [9.17, 15) is 22.4 Å². The average molecular weight is 305 g/mol. The molecule has 0 unspecified atom stereocenters. The first kappa shape index (κ1) is 15.8. The number of halogens is 4. The molecule has 21 heavy (non-hydrogen) atoms. The molecule has 116 valence electrons. The predicted octanol–water partition coefficient (Wildman–Crippen LogP) is 3.00. The number of hydrogen-bond acceptors (Lipinski definition) is 2. The Balaban J connectivity index is 2.13. The van der Waals surface area contributed by atoms with Crippen LogP contribution in [0.3, 0.4) is 0 Å². The van der Waals surface area contributed by atoms with Gasteiger partial charge in [0, 0.05) is 19.6 Å². The quantitative estimate of drug-likeness (QED) is 0.873. The molecule has 1 saturated heterocycles. The molecule has 1 aliphatic rings. The molecule has 2 atom stereocenters. The predicted molar refractivity (Wildman–Crippen MR) is 67.0 cm³/mol. The van der Waals surface area contributed by atoms with Gasteiger partial charge in [-0.05, 0) is 23.6 Å². The summed E-state index contributed by atoms with van der Waals surface area (Å²) in [6.07, 6.45) is -4.73. The maximum absolute atomic E-state index is 13.2. The largest absolute Gasteiger partial charge is 0.481 e. The third-order valence-electron chi connectivity index (χ3n) is 3.75. The van der Waals surface area contributed by atoms with E-state index in [0.29, 0.717) is 12.1 Å². The SMILES string of the molecule is C[C@@H]1CN(Cc2ccc(F)c(C(F)(F)F)c2)C[C@H]1C(=O)O. The van der Waals surface area contributed by atoms with E-state index in [2.05, 4.69) is 0 Å². The van der Waals surface area contributed by atoms with Crippen molar-refractivity contribution in [3.8, 4) is 0 Å². The van der Waals surface area contributed by atoms with Gasteiger partial charge in [-0.15, -0.1) is 0 Å². The molecule has 7 heteroatoms. The van der Waals surface area contributed by atoms with E-state index < -0.39 is 29.4 Å². The molecule has 2 rings (SSSR count). The Kier molecular flexibility index (Phi) is 4.22. The van der Waals surface area contributed by atoms with Gasteiger partial charge in [0.05, 0.1) is 11.5 Å². The number of carbonyl (C=O) groups is 1. The molecule has 0 spiro atoms. The van der Waals surface area contributed by atoms with E-state index in [-0.39, 0.29) is 19.0 Å². The van der Waals surface area contributed by atoms with E-state index in [1.54, 1.807) is 11.8 Å². The van der Waals surface area contributed by atoms with Gasteiger partial charge in [0.2, 0.25) is 0 Å². The number of nitrogens with zero attached hydrogens (tertiary/aromatic N) is 1. The lowest BCUT2D eigenvalue weighted by Crippen LogP contribution is -2.23. The van der Waals surface area contributed by atoms with Crippen LogP contribution in [-0.2, 0) is 17.5 Å². The highest BCUT2D eigenvalue weighted by molar-refractivity contribution is 5.71. The van der Waals surface area contributed by atoms with Gasteiger partial charge in [0.15, 0.2) is 0 Å². The fraction of sp³-hybridized carbons (Fsp3) is 0.500. The van der Waals surface area contributed by atoms with Crippen molar-refractivity contribution in [2.45, 2.75) is 19.6 Å². The van der Waals surface area contributed by atoms with Crippen molar-refractivity contribution in [1.82, 2.24) is 4.90 Å². The number of aliphatic carboxylic acids is 1. The van der Waals surface area contributed by atoms with Crippen LogP contribution in [0.5, 0.6) is 0 Å². The topological polar surface area (TPSA) is 40.5 Å². The summed E-state index contributed by atoms with van der Waals surface area (Å²) in [5.41, 5.74) is -0.969. The highest BCUT2D eigenvalue weighted by Crippen LogP contribution is 2.32. The molecule has 1 aromatic carbocycles. The lowest BCUT2D eigenvalue weighted by Gasteiger charge is -2.17. The van der Waals surface area contributed by atoms with Crippen molar-refractivity contribution in [3.63, 3.8) is 0 Å². The van der Waals surface area contributed by atoms with Crippen LogP contribution < -0.4 is 0 Å². The van der Waals surface area contributed by atoms with Crippen LogP contribution in [0.1, 0.15) is 18.1 Å². The maximum Gasteiger partial charge on any atom is 0.419 e. The van der Waals surface area contributed by atoms with Crippen molar-refractivity contribution in [2.24, 2.45) is 11.8 Å². The summed E-state index contributed by atoms with van der Waals surface area (Å²) in [4.78, 5) is 12.8. The molecule has 0 amide bonds. The third kappa shape index (κ3) is 3.53. The Labute approximate surface area is 119 Å². The van der Waals surface area contributed by atoms with E-state index in [4.69, 9.17) is 5.11 Å². The first-order valence-electron chi connectivity index (χ1n) is 6.49. The summed E-state index contributed by atoms with van der Waals surface area (Å²) in [6.45, 7) is 2.76. The van der Waals surface area contributed by atoms with Crippen LogP contribution in [-0.4, -0.2) is 29.1 Å². The average Bonchev–Trinajstić information content (AvgIpc) is 2.71. The zero-order chi connectivity index (χ0) is 15.8. The summed E-state index contributed by atoms with van der Waals surface area (Å²) in [5.74, 6) is -2.79.